The minimum atomic E-state index is -4.42. The van der Waals surface area contributed by atoms with Gasteiger partial charge in [0.2, 0.25) is 0 Å². The monoisotopic (exact) mass is 412 g/mol. The molecular weight excluding hydrogens is 402 g/mol. The molecule has 0 spiro atoms. The molecule has 0 saturated carbocycles. The van der Waals surface area contributed by atoms with E-state index in [1.165, 1.54) is 18.2 Å². The Morgan fingerprint density at radius 1 is 1.10 bits per heavy atom. The fourth-order valence-electron chi connectivity index (χ4n) is 1.49. The molecule has 2 rings (SSSR count). The largest absolute Gasteiger partial charge is 1.00 e. The molecule has 0 saturated heterocycles. The van der Waals surface area contributed by atoms with Crippen molar-refractivity contribution in [3.63, 3.8) is 0 Å². The first-order chi connectivity index (χ1) is 8.97. The summed E-state index contributed by atoms with van der Waals surface area (Å²) in [4.78, 5) is -0.246. The Labute approximate surface area is 153 Å². The van der Waals surface area contributed by atoms with Crippen LogP contribution in [0.3, 0.4) is 0 Å². The van der Waals surface area contributed by atoms with Crippen LogP contribution in [0.25, 0.3) is 0 Å². The summed E-state index contributed by atoms with van der Waals surface area (Å²) in [6, 6.07) is 13.7. The zero-order valence-electron chi connectivity index (χ0n) is 10.7. The number of halogens is 1. The van der Waals surface area contributed by atoms with Gasteiger partial charge < -0.3 is 9.29 Å². The summed E-state index contributed by atoms with van der Waals surface area (Å²) >= 11 is 1.94. The van der Waals surface area contributed by atoms with Crippen molar-refractivity contribution in [2.75, 3.05) is 0 Å². The van der Waals surface area contributed by atoms with Crippen LogP contribution in [0.1, 0.15) is 5.56 Å². The third-order valence-electron chi connectivity index (χ3n) is 2.43. The van der Waals surface area contributed by atoms with E-state index in [1.54, 1.807) is 0 Å². The predicted molar refractivity (Wildman–Crippen MR) is 77.9 cm³/mol. The summed E-state index contributed by atoms with van der Waals surface area (Å²) in [5, 5.41) is 0. The van der Waals surface area contributed by atoms with Crippen LogP contribution < -0.4 is 34.3 Å². The summed E-state index contributed by atoms with van der Waals surface area (Å²) in [6.07, 6.45) is 0. The van der Waals surface area contributed by atoms with Crippen LogP contribution in [0.15, 0.2) is 53.4 Å². The molecule has 0 aliphatic heterocycles. The molecule has 100 valence electrons. The molecule has 0 radical (unpaired) electrons. The van der Waals surface area contributed by atoms with Crippen molar-refractivity contribution in [3.05, 3.63) is 57.7 Å². The van der Waals surface area contributed by atoms with Crippen LogP contribution in [0, 0.1) is 3.57 Å². The fraction of sp³-hybridized carbons (Fsp3) is 0.0769. The van der Waals surface area contributed by atoms with Crippen molar-refractivity contribution in [3.8, 4) is 5.75 Å². The van der Waals surface area contributed by atoms with E-state index >= 15 is 0 Å². The minimum absolute atomic E-state index is 0. The predicted octanol–water partition coefficient (Wildman–Crippen LogP) is -0.222. The van der Waals surface area contributed by atoms with Gasteiger partial charge in [-0.25, -0.2) is 8.42 Å². The van der Waals surface area contributed by atoms with Crippen LogP contribution in [0.5, 0.6) is 5.75 Å². The van der Waals surface area contributed by atoms with E-state index in [2.05, 4.69) is 0 Å². The number of benzene rings is 2. The van der Waals surface area contributed by atoms with Crippen molar-refractivity contribution in [2.24, 2.45) is 0 Å². The molecule has 0 N–H and O–H groups in total. The van der Waals surface area contributed by atoms with Gasteiger partial charge in [-0.3, -0.25) is 0 Å². The first kappa shape index (κ1) is 17.9. The molecule has 2 aromatic carbocycles. The summed E-state index contributed by atoms with van der Waals surface area (Å²) in [5.41, 5.74) is 1.01. The molecule has 2 aromatic rings. The van der Waals surface area contributed by atoms with Crippen LogP contribution in [0.2, 0.25) is 0 Å². The Hall–Kier alpha value is -0.120. The zero-order valence-corrected chi connectivity index (χ0v) is 15.7. The topological polar surface area (TPSA) is 66.4 Å². The molecule has 20 heavy (non-hydrogen) atoms. The molecule has 0 heterocycles. The number of hydrogen-bond donors (Lipinski definition) is 0. The first-order valence-electron chi connectivity index (χ1n) is 5.39. The molecule has 0 aliphatic rings. The Kier molecular flexibility index (Phi) is 6.96. The van der Waals surface area contributed by atoms with E-state index in [1.807, 2.05) is 52.9 Å². The van der Waals surface area contributed by atoms with Crippen LogP contribution in [-0.2, 0) is 16.7 Å². The molecule has 0 fully saturated rings. The molecule has 0 unspecified atom stereocenters. The number of ether oxygens (including phenoxy) is 1. The average molecular weight is 412 g/mol. The Morgan fingerprint density at radius 2 is 1.75 bits per heavy atom. The van der Waals surface area contributed by atoms with Crippen molar-refractivity contribution in [1.29, 1.82) is 0 Å². The molecule has 0 aromatic heterocycles. The van der Waals surface area contributed by atoms with Gasteiger partial charge in [0, 0.05) is 0 Å². The van der Waals surface area contributed by atoms with Crippen LogP contribution >= 0.6 is 22.6 Å². The first-order valence-corrected chi connectivity index (χ1v) is 7.88. The van der Waals surface area contributed by atoms with Gasteiger partial charge in [0.05, 0.1) is 8.47 Å². The van der Waals surface area contributed by atoms with Gasteiger partial charge in [-0.05, 0) is 46.4 Å². The van der Waals surface area contributed by atoms with Crippen LogP contribution in [0.4, 0.5) is 0 Å². The summed E-state index contributed by atoms with van der Waals surface area (Å²) < 4.78 is 38.8. The second kappa shape index (κ2) is 7.77. The Morgan fingerprint density at radius 3 is 2.30 bits per heavy atom. The summed E-state index contributed by atoms with van der Waals surface area (Å²) in [5.74, 6) is 0.553. The van der Waals surface area contributed by atoms with Gasteiger partial charge in [0.25, 0.3) is 0 Å². The van der Waals surface area contributed by atoms with E-state index in [4.69, 9.17) is 4.74 Å². The molecule has 0 aliphatic carbocycles. The van der Waals surface area contributed by atoms with Crippen molar-refractivity contribution in [2.45, 2.75) is 11.5 Å². The summed E-state index contributed by atoms with van der Waals surface area (Å²) in [7, 11) is -4.42. The molecule has 7 heteroatoms. The standard InChI is InChI=1S/C13H11IO4S.Na/c14-12-8-11(19(15,16)17)6-7-13(12)18-9-10-4-2-1-3-5-10;/h1-8H,9H2,(H,15,16,17);/q;+1/p-1. The fourth-order valence-corrected chi connectivity index (χ4v) is 2.87. The van der Waals surface area contributed by atoms with Gasteiger partial charge in [-0.2, -0.15) is 0 Å². The van der Waals surface area contributed by atoms with E-state index in [9.17, 15) is 13.0 Å². The maximum atomic E-state index is 10.9. The maximum Gasteiger partial charge on any atom is 1.00 e. The average Bonchev–Trinajstić information content (AvgIpc) is 2.37. The van der Waals surface area contributed by atoms with Gasteiger partial charge in [-0.1, -0.05) is 30.3 Å². The number of rotatable bonds is 4. The molecule has 0 amide bonds. The minimum Gasteiger partial charge on any atom is -0.744 e. The van der Waals surface area contributed by atoms with Gasteiger partial charge >= 0.3 is 29.6 Å². The Bertz CT molecular complexity index is 674. The molecule has 0 bridgehead atoms. The Balaban J connectivity index is 0.00000200. The van der Waals surface area contributed by atoms with Crippen molar-refractivity contribution >= 4 is 32.7 Å². The van der Waals surface area contributed by atoms with E-state index in [0.717, 1.165) is 5.56 Å². The van der Waals surface area contributed by atoms with Crippen molar-refractivity contribution < 1.29 is 47.3 Å². The molecule has 4 nitrogen and oxygen atoms in total. The van der Waals surface area contributed by atoms with Crippen molar-refractivity contribution in [1.82, 2.24) is 0 Å². The summed E-state index contributed by atoms with van der Waals surface area (Å²) in [6.45, 7) is 0.389. The van der Waals surface area contributed by atoms with E-state index in [0.29, 0.717) is 15.9 Å². The maximum absolute atomic E-state index is 10.9. The van der Waals surface area contributed by atoms with Gasteiger partial charge in [0.15, 0.2) is 0 Å². The second-order valence-electron chi connectivity index (χ2n) is 3.82. The van der Waals surface area contributed by atoms with E-state index in [-0.39, 0.29) is 34.5 Å². The smallest absolute Gasteiger partial charge is 0.744 e. The van der Waals surface area contributed by atoms with Gasteiger partial charge in [0.1, 0.15) is 22.5 Å². The second-order valence-corrected chi connectivity index (χ2v) is 6.36. The zero-order chi connectivity index (χ0) is 13.9. The number of hydrogen-bond acceptors (Lipinski definition) is 4. The quantitative estimate of drug-likeness (QED) is 0.396. The molecule has 0 atom stereocenters. The molecular formula is C13H10INaO4S. The van der Waals surface area contributed by atoms with Crippen LogP contribution in [-0.4, -0.2) is 13.0 Å². The SMILES string of the molecule is O=S(=O)([O-])c1ccc(OCc2ccccc2)c(I)c1.[Na+]. The van der Waals surface area contributed by atoms with E-state index < -0.39 is 10.1 Å². The van der Waals surface area contributed by atoms with Gasteiger partial charge in [-0.15, -0.1) is 0 Å². The third-order valence-corrected chi connectivity index (χ3v) is 4.10. The third kappa shape index (κ3) is 5.01. The normalized spacial score (nSPS) is 10.7.